The van der Waals surface area contributed by atoms with Crippen LogP contribution in [-0.4, -0.2) is 16.3 Å². The van der Waals surface area contributed by atoms with Crippen molar-refractivity contribution in [3.05, 3.63) is 38.3 Å². The third-order valence-electron chi connectivity index (χ3n) is 2.91. The highest BCUT2D eigenvalue weighted by molar-refractivity contribution is 9.10. The van der Waals surface area contributed by atoms with Gasteiger partial charge in [0.2, 0.25) is 0 Å². The van der Waals surface area contributed by atoms with Gasteiger partial charge < -0.3 is 5.32 Å². The summed E-state index contributed by atoms with van der Waals surface area (Å²) in [7, 11) is 1.97. The second kappa shape index (κ2) is 5.99. The quantitative estimate of drug-likeness (QED) is 0.908. The number of aromatic nitrogens is 2. The Labute approximate surface area is 120 Å². The lowest BCUT2D eigenvalue weighted by atomic mass is 10.0. The number of aryl methyl sites for hydroxylation is 2. The molecule has 2 rings (SSSR count). The molecule has 0 fully saturated rings. The Bertz CT molecular complexity index is 518. The smallest absolute Gasteiger partial charge is 0.0644 e. The van der Waals surface area contributed by atoms with E-state index in [-0.39, 0.29) is 6.04 Å². The Hall–Kier alpha value is -0.650. The first-order chi connectivity index (χ1) is 8.63. The van der Waals surface area contributed by atoms with Crippen molar-refractivity contribution in [2.45, 2.75) is 26.3 Å². The van der Waals surface area contributed by atoms with Gasteiger partial charge in [-0.3, -0.25) is 4.68 Å². The fourth-order valence-electron chi connectivity index (χ4n) is 2.07. The van der Waals surface area contributed by atoms with Crippen molar-refractivity contribution in [1.29, 1.82) is 0 Å². The number of rotatable bonds is 5. The molecule has 98 valence electrons. The normalized spacial score (nSPS) is 12.9. The van der Waals surface area contributed by atoms with E-state index in [0.29, 0.717) is 0 Å². The first-order valence-corrected chi connectivity index (χ1v) is 7.82. The Balaban J connectivity index is 2.37. The fraction of sp³-hybridized carbons (Fsp3) is 0.462. The van der Waals surface area contributed by atoms with Crippen LogP contribution in [0.1, 0.15) is 36.2 Å². The van der Waals surface area contributed by atoms with Crippen LogP contribution in [-0.2, 0) is 7.05 Å². The molecule has 2 aromatic rings. The van der Waals surface area contributed by atoms with Crippen LogP contribution < -0.4 is 5.32 Å². The van der Waals surface area contributed by atoms with Crippen LogP contribution in [0.4, 0.5) is 0 Å². The maximum Gasteiger partial charge on any atom is 0.0644 e. The molecule has 0 bridgehead atoms. The molecule has 0 saturated heterocycles. The van der Waals surface area contributed by atoms with Gasteiger partial charge in [-0.25, -0.2) is 0 Å². The lowest BCUT2D eigenvalue weighted by molar-refractivity contribution is 0.596. The van der Waals surface area contributed by atoms with Gasteiger partial charge in [-0.1, -0.05) is 6.92 Å². The number of nitrogens with one attached hydrogen (secondary N) is 1. The van der Waals surface area contributed by atoms with E-state index < -0.39 is 0 Å². The third-order valence-corrected chi connectivity index (χ3v) is 4.67. The number of hydrogen-bond donors (Lipinski definition) is 1. The monoisotopic (exact) mass is 327 g/mol. The molecule has 1 unspecified atom stereocenters. The highest BCUT2D eigenvalue weighted by atomic mass is 79.9. The molecule has 0 aliphatic carbocycles. The standard InChI is InChI=1S/C13H18BrN3S/c1-4-5-15-13(11-7-18-8-12(11)14)10-6-17(3)16-9(10)2/h6-8,13,15H,4-5H2,1-3H3. The van der Waals surface area contributed by atoms with Gasteiger partial charge in [0.05, 0.1) is 11.7 Å². The molecule has 0 radical (unpaired) electrons. The molecule has 0 spiro atoms. The summed E-state index contributed by atoms with van der Waals surface area (Å²) in [6, 6.07) is 0.222. The second-order valence-corrected chi connectivity index (χ2v) is 6.00. The largest absolute Gasteiger partial charge is 0.306 e. The SMILES string of the molecule is CCCNC(c1cscc1Br)c1cn(C)nc1C. The summed E-state index contributed by atoms with van der Waals surface area (Å²) in [6.45, 7) is 5.25. The number of thiophene rings is 1. The van der Waals surface area contributed by atoms with Crippen molar-refractivity contribution in [1.82, 2.24) is 15.1 Å². The minimum absolute atomic E-state index is 0.222. The molecule has 1 N–H and O–H groups in total. The van der Waals surface area contributed by atoms with E-state index in [0.717, 1.165) is 18.7 Å². The summed E-state index contributed by atoms with van der Waals surface area (Å²) in [4.78, 5) is 0. The molecule has 1 atom stereocenters. The molecule has 2 aromatic heterocycles. The van der Waals surface area contributed by atoms with Gasteiger partial charge in [0.1, 0.15) is 0 Å². The average Bonchev–Trinajstić information content (AvgIpc) is 2.87. The van der Waals surface area contributed by atoms with Crippen molar-refractivity contribution in [2.24, 2.45) is 7.05 Å². The predicted octanol–water partition coefficient (Wildman–Crippen LogP) is 3.64. The fourth-order valence-corrected chi connectivity index (χ4v) is 3.63. The minimum Gasteiger partial charge on any atom is -0.306 e. The summed E-state index contributed by atoms with van der Waals surface area (Å²) in [5, 5.41) is 12.4. The van der Waals surface area contributed by atoms with Gasteiger partial charge in [-0.05, 0) is 46.8 Å². The van der Waals surface area contributed by atoms with Crippen molar-refractivity contribution >= 4 is 27.3 Å². The number of nitrogens with zero attached hydrogens (tertiary/aromatic N) is 2. The molecular weight excluding hydrogens is 310 g/mol. The van der Waals surface area contributed by atoms with Crippen LogP contribution in [0.3, 0.4) is 0 Å². The molecule has 0 aliphatic heterocycles. The average molecular weight is 328 g/mol. The van der Waals surface area contributed by atoms with Crippen LogP contribution in [0.25, 0.3) is 0 Å². The molecule has 2 heterocycles. The molecule has 0 aliphatic rings. The Kier molecular flexibility index (Phi) is 4.59. The van der Waals surface area contributed by atoms with Crippen molar-refractivity contribution in [3.8, 4) is 0 Å². The van der Waals surface area contributed by atoms with Crippen LogP contribution >= 0.6 is 27.3 Å². The summed E-state index contributed by atoms with van der Waals surface area (Å²) < 4.78 is 3.05. The van der Waals surface area contributed by atoms with E-state index in [4.69, 9.17) is 0 Å². The van der Waals surface area contributed by atoms with Crippen LogP contribution in [0, 0.1) is 6.92 Å². The van der Waals surface area contributed by atoms with Crippen molar-refractivity contribution in [2.75, 3.05) is 6.54 Å². The van der Waals surface area contributed by atoms with Crippen LogP contribution in [0.5, 0.6) is 0 Å². The zero-order valence-corrected chi connectivity index (χ0v) is 13.3. The minimum atomic E-state index is 0.222. The van der Waals surface area contributed by atoms with Gasteiger partial charge in [0.15, 0.2) is 0 Å². The maximum absolute atomic E-state index is 4.44. The van der Waals surface area contributed by atoms with Crippen LogP contribution in [0.2, 0.25) is 0 Å². The lowest BCUT2D eigenvalue weighted by Crippen LogP contribution is -2.23. The van der Waals surface area contributed by atoms with Crippen molar-refractivity contribution in [3.63, 3.8) is 0 Å². The molecule has 0 amide bonds. The second-order valence-electron chi connectivity index (χ2n) is 4.41. The molecule has 0 saturated carbocycles. The zero-order valence-electron chi connectivity index (χ0n) is 10.9. The highest BCUT2D eigenvalue weighted by Crippen LogP contribution is 2.32. The lowest BCUT2D eigenvalue weighted by Gasteiger charge is -2.18. The van der Waals surface area contributed by atoms with Crippen molar-refractivity contribution < 1.29 is 0 Å². The first-order valence-electron chi connectivity index (χ1n) is 6.08. The Morgan fingerprint density at radius 3 is 2.72 bits per heavy atom. The highest BCUT2D eigenvalue weighted by Gasteiger charge is 2.20. The number of hydrogen-bond acceptors (Lipinski definition) is 3. The van der Waals surface area contributed by atoms with Gasteiger partial charge in [-0.2, -0.15) is 16.4 Å². The Morgan fingerprint density at radius 2 is 2.22 bits per heavy atom. The third kappa shape index (κ3) is 2.84. The summed E-state index contributed by atoms with van der Waals surface area (Å²) in [5.74, 6) is 0. The summed E-state index contributed by atoms with van der Waals surface area (Å²) in [5.41, 5.74) is 3.64. The Morgan fingerprint density at radius 1 is 1.44 bits per heavy atom. The van der Waals surface area contributed by atoms with E-state index in [1.54, 1.807) is 11.3 Å². The van der Waals surface area contributed by atoms with Gasteiger partial charge >= 0.3 is 0 Å². The molecule has 3 nitrogen and oxygen atoms in total. The van der Waals surface area contributed by atoms with E-state index >= 15 is 0 Å². The topological polar surface area (TPSA) is 29.9 Å². The molecule has 0 aromatic carbocycles. The van der Waals surface area contributed by atoms with Gasteiger partial charge in [-0.15, -0.1) is 0 Å². The summed E-state index contributed by atoms with van der Waals surface area (Å²) in [6.07, 6.45) is 3.23. The predicted molar refractivity (Wildman–Crippen MR) is 80.1 cm³/mol. The molecule has 18 heavy (non-hydrogen) atoms. The van der Waals surface area contributed by atoms with E-state index in [2.05, 4.69) is 57.1 Å². The van der Waals surface area contributed by atoms with Gasteiger partial charge in [0, 0.05) is 28.7 Å². The van der Waals surface area contributed by atoms with Gasteiger partial charge in [0.25, 0.3) is 0 Å². The molecule has 5 heteroatoms. The van der Waals surface area contributed by atoms with E-state index in [1.807, 2.05) is 11.7 Å². The molecular formula is C13H18BrN3S. The van der Waals surface area contributed by atoms with E-state index in [1.165, 1.54) is 15.6 Å². The van der Waals surface area contributed by atoms with Crippen LogP contribution in [0.15, 0.2) is 21.4 Å². The first kappa shape index (κ1) is 13.8. The van der Waals surface area contributed by atoms with E-state index in [9.17, 15) is 0 Å². The summed E-state index contributed by atoms with van der Waals surface area (Å²) >= 11 is 5.35. The zero-order chi connectivity index (χ0) is 13.1. The number of halogens is 1. The maximum atomic E-state index is 4.44.